The maximum Gasteiger partial charge on any atom is 0.410 e. The maximum absolute atomic E-state index is 14.0. The molecule has 10 heteroatoms. The molecule has 3 fully saturated rings. The Hall–Kier alpha value is -4.18. The first-order chi connectivity index (χ1) is 22.4. The molecule has 0 bridgehead atoms. The SMILES string of the molecule is Cc1cc(C[C@@H](OC(=O)N2CCC(c3cc4ccccc4[nH]c3=O)CC2)C(=O)N2CCC(N3CCCCC3)CC2)cc2cn[nH]c12. The second kappa shape index (κ2) is 13.3. The lowest BCUT2D eigenvalue weighted by molar-refractivity contribution is -0.142. The van der Waals surface area contributed by atoms with Crippen molar-refractivity contribution in [2.75, 3.05) is 39.3 Å². The molecule has 0 spiro atoms. The monoisotopic (exact) mass is 624 g/mol. The first-order valence-corrected chi connectivity index (χ1v) is 17.0. The number of hydrogen-bond acceptors (Lipinski definition) is 6. The molecule has 4 aromatic rings. The van der Waals surface area contributed by atoms with Crippen LogP contribution in [0.2, 0.25) is 0 Å². The molecule has 0 saturated carbocycles. The highest BCUT2D eigenvalue weighted by Crippen LogP contribution is 2.29. The number of likely N-dealkylation sites (tertiary alicyclic amines) is 3. The molecule has 2 aromatic carbocycles. The quantitative estimate of drug-likeness (QED) is 0.308. The van der Waals surface area contributed by atoms with Gasteiger partial charge in [0.2, 0.25) is 0 Å². The Kier molecular flexibility index (Phi) is 8.80. The molecule has 1 atom stereocenters. The van der Waals surface area contributed by atoms with E-state index in [2.05, 4.69) is 20.1 Å². The van der Waals surface area contributed by atoms with Crippen LogP contribution in [0.4, 0.5) is 4.79 Å². The first-order valence-electron chi connectivity index (χ1n) is 17.0. The summed E-state index contributed by atoms with van der Waals surface area (Å²) in [5.41, 5.74) is 4.46. The number of fused-ring (bicyclic) bond motifs is 2. The third-order valence-electron chi connectivity index (χ3n) is 10.4. The van der Waals surface area contributed by atoms with E-state index in [0.717, 1.165) is 64.4 Å². The maximum atomic E-state index is 14.0. The summed E-state index contributed by atoms with van der Waals surface area (Å²) in [6, 6.07) is 14.4. The number of hydrogen-bond donors (Lipinski definition) is 2. The molecular formula is C36H44N6O4. The highest BCUT2D eigenvalue weighted by Gasteiger charge is 2.35. The number of piperidine rings is 3. The Bertz CT molecular complexity index is 1760. The Balaban J connectivity index is 1.03. The lowest BCUT2D eigenvalue weighted by atomic mass is 9.89. The van der Waals surface area contributed by atoms with Gasteiger partial charge in [-0.05, 0) is 99.2 Å². The number of pyridine rings is 1. The lowest BCUT2D eigenvalue weighted by Gasteiger charge is -2.41. The van der Waals surface area contributed by atoms with E-state index in [1.807, 2.05) is 54.3 Å². The number of aryl methyl sites for hydroxylation is 1. The summed E-state index contributed by atoms with van der Waals surface area (Å²) in [5, 5.41) is 9.19. The average Bonchev–Trinajstić information content (AvgIpc) is 3.57. The topological polar surface area (TPSA) is 115 Å². The standard InChI is InChI=1S/C36H44N6O4/c1-24-19-25(20-28-23-37-39-33(24)28)21-32(35(44)41-17-11-29(12-18-41)40-13-5-2-6-14-40)46-36(45)42-15-9-26(10-16-42)30-22-27-7-3-4-8-31(27)38-34(30)43/h3-4,7-8,19-20,22-23,26,29,32H,2,5-6,9-18,21H2,1H3,(H,37,39)(H,38,43)/t32-/m1/s1. The smallest absolute Gasteiger partial charge is 0.410 e. The van der Waals surface area contributed by atoms with Crippen LogP contribution in [0, 0.1) is 6.92 Å². The number of nitrogens with zero attached hydrogens (tertiary/aromatic N) is 4. The van der Waals surface area contributed by atoms with Crippen LogP contribution in [-0.2, 0) is 16.0 Å². The van der Waals surface area contributed by atoms with E-state index in [1.54, 1.807) is 11.1 Å². The molecule has 3 aliphatic rings. The molecule has 7 rings (SSSR count). The summed E-state index contributed by atoms with van der Waals surface area (Å²) < 4.78 is 6.10. The summed E-state index contributed by atoms with van der Waals surface area (Å²) in [5.74, 6) is -0.0614. The molecule has 2 N–H and O–H groups in total. The molecule has 0 unspecified atom stereocenters. The Labute approximate surface area is 269 Å². The van der Waals surface area contributed by atoms with Crippen molar-refractivity contribution in [3.05, 3.63) is 75.7 Å². The van der Waals surface area contributed by atoms with Gasteiger partial charge in [-0.3, -0.25) is 14.7 Å². The van der Waals surface area contributed by atoms with Crippen LogP contribution in [0.25, 0.3) is 21.8 Å². The van der Waals surface area contributed by atoms with Gasteiger partial charge in [0.05, 0.1) is 11.7 Å². The van der Waals surface area contributed by atoms with Gasteiger partial charge in [-0.15, -0.1) is 0 Å². The minimum absolute atomic E-state index is 0.0562. The number of ether oxygens (including phenoxy) is 1. The third-order valence-corrected chi connectivity index (χ3v) is 10.4. The van der Waals surface area contributed by atoms with E-state index in [-0.39, 0.29) is 17.4 Å². The molecule has 3 aliphatic heterocycles. The Morgan fingerprint density at radius 2 is 1.65 bits per heavy atom. The van der Waals surface area contributed by atoms with Crippen LogP contribution in [0.5, 0.6) is 0 Å². The van der Waals surface area contributed by atoms with Crippen LogP contribution in [-0.4, -0.2) is 93.3 Å². The zero-order valence-electron chi connectivity index (χ0n) is 26.7. The summed E-state index contributed by atoms with van der Waals surface area (Å²) in [6.45, 7) is 6.62. The van der Waals surface area contributed by atoms with Crippen LogP contribution in [0.15, 0.2) is 53.5 Å². The van der Waals surface area contributed by atoms with Crippen LogP contribution in [0.1, 0.15) is 67.6 Å². The van der Waals surface area contributed by atoms with Gasteiger partial charge in [0, 0.05) is 55.1 Å². The lowest BCUT2D eigenvalue weighted by Crippen LogP contribution is -2.52. The van der Waals surface area contributed by atoms with Gasteiger partial charge in [0.15, 0.2) is 6.10 Å². The highest BCUT2D eigenvalue weighted by atomic mass is 16.6. The van der Waals surface area contributed by atoms with Crippen molar-refractivity contribution in [2.24, 2.45) is 0 Å². The molecular weight excluding hydrogens is 580 g/mol. The Morgan fingerprint density at radius 3 is 2.43 bits per heavy atom. The van der Waals surface area contributed by atoms with E-state index >= 15 is 0 Å². The highest BCUT2D eigenvalue weighted by molar-refractivity contribution is 5.85. The van der Waals surface area contributed by atoms with Crippen molar-refractivity contribution in [3.63, 3.8) is 0 Å². The summed E-state index contributed by atoms with van der Waals surface area (Å²) in [4.78, 5) is 49.7. The van der Waals surface area contributed by atoms with E-state index in [1.165, 1.54) is 19.3 Å². The zero-order valence-corrected chi connectivity index (χ0v) is 26.7. The normalized spacial score (nSPS) is 19.5. The molecule has 0 radical (unpaired) electrons. The number of benzene rings is 2. The molecule has 2 amide bonds. The minimum Gasteiger partial charge on any atom is -0.436 e. The van der Waals surface area contributed by atoms with Gasteiger partial charge < -0.3 is 24.4 Å². The fourth-order valence-electron chi connectivity index (χ4n) is 7.80. The molecule has 46 heavy (non-hydrogen) atoms. The second-order valence-electron chi connectivity index (χ2n) is 13.4. The Morgan fingerprint density at radius 1 is 0.913 bits per heavy atom. The van der Waals surface area contributed by atoms with Gasteiger partial charge in [-0.1, -0.05) is 30.7 Å². The van der Waals surface area contributed by atoms with Crippen molar-refractivity contribution in [3.8, 4) is 0 Å². The fraction of sp³-hybridized carbons (Fsp3) is 0.500. The minimum atomic E-state index is -0.913. The van der Waals surface area contributed by atoms with E-state index in [9.17, 15) is 14.4 Å². The fourth-order valence-corrected chi connectivity index (χ4v) is 7.80. The molecule has 242 valence electrons. The molecule has 0 aliphatic carbocycles. The average molecular weight is 625 g/mol. The van der Waals surface area contributed by atoms with E-state index < -0.39 is 12.2 Å². The number of rotatable bonds is 6. The molecule has 3 saturated heterocycles. The van der Waals surface area contributed by atoms with Gasteiger partial charge in [0.1, 0.15) is 0 Å². The van der Waals surface area contributed by atoms with Crippen LogP contribution >= 0.6 is 0 Å². The number of amides is 2. The van der Waals surface area contributed by atoms with Gasteiger partial charge >= 0.3 is 6.09 Å². The molecule has 5 heterocycles. The number of para-hydroxylation sites is 1. The van der Waals surface area contributed by atoms with E-state index in [4.69, 9.17) is 4.74 Å². The van der Waals surface area contributed by atoms with Crippen LogP contribution in [0.3, 0.4) is 0 Å². The summed E-state index contributed by atoms with van der Waals surface area (Å²) >= 11 is 0. The second-order valence-corrected chi connectivity index (χ2v) is 13.4. The zero-order chi connectivity index (χ0) is 31.6. The number of carbonyl (C=O) groups is 2. The third kappa shape index (κ3) is 6.40. The van der Waals surface area contributed by atoms with Gasteiger partial charge in [-0.25, -0.2) is 4.79 Å². The predicted molar refractivity (Wildman–Crippen MR) is 178 cm³/mol. The number of H-pyrrole nitrogens is 2. The molecule has 10 nitrogen and oxygen atoms in total. The van der Waals surface area contributed by atoms with Crippen LogP contribution < -0.4 is 5.56 Å². The number of carbonyl (C=O) groups excluding carboxylic acids is 2. The number of aromatic amines is 2. The van der Waals surface area contributed by atoms with Crippen molar-refractivity contribution < 1.29 is 14.3 Å². The number of aromatic nitrogens is 3. The predicted octanol–water partition coefficient (Wildman–Crippen LogP) is 5.12. The van der Waals surface area contributed by atoms with E-state index in [0.29, 0.717) is 51.5 Å². The largest absolute Gasteiger partial charge is 0.436 e. The first kappa shape index (κ1) is 30.5. The van der Waals surface area contributed by atoms with Gasteiger partial charge in [0.25, 0.3) is 11.5 Å². The summed E-state index contributed by atoms with van der Waals surface area (Å²) in [6.07, 6.45) is 7.77. The summed E-state index contributed by atoms with van der Waals surface area (Å²) in [7, 11) is 0. The van der Waals surface area contributed by atoms with Crippen molar-refractivity contribution in [1.29, 1.82) is 0 Å². The van der Waals surface area contributed by atoms with Crippen molar-refractivity contribution in [2.45, 2.75) is 76.4 Å². The van der Waals surface area contributed by atoms with Gasteiger partial charge in [-0.2, -0.15) is 5.10 Å². The number of nitrogens with one attached hydrogen (secondary N) is 2. The molecule has 2 aromatic heterocycles. The van der Waals surface area contributed by atoms with Crippen molar-refractivity contribution >= 4 is 33.8 Å². The van der Waals surface area contributed by atoms with Crippen molar-refractivity contribution in [1.82, 2.24) is 29.9 Å².